The smallest absolute Gasteiger partial charge is 0.251 e. The third-order valence-electron chi connectivity index (χ3n) is 4.75. The Kier molecular flexibility index (Phi) is 6.37. The molecule has 28 heavy (non-hydrogen) atoms. The van der Waals surface area contributed by atoms with Crippen molar-refractivity contribution in [1.29, 1.82) is 0 Å². The van der Waals surface area contributed by atoms with Gasteiger partial charge in [0.1, 0.15) is 5.82 Å². The number of amides is 3. The monoisotopic (exact) mass is 383 g/mol. The summed E-state index contributed by atoms with van der Waals surface area (Å²) < 4.78 is 13.2. The van der Waals surface area contributed by atoms with Gasteiger partial charge in [-0.3, -0.25) is 14.4 Å². The van der Waals surface area contributed by atoms with E-state index >= 15 is 0 Å². The summed E-state index contributed by atoms with van der Waals surface area (Å²) in [6.07, 6.45) is 1.05. The summed E-state index contributed by atoms with van der Waals surface area (Å²) in [7, 11) is 0. The van der Waals surface area contributed by atoms with Crippen LogP contribution < -0.4 is 10.6 Å². The Morgan fingerprint density at radius 3 is 2.39 bits per heavy atom. The molecule has 1 fully saturated rings. The second-order valence-electron chi connectivity index (χ2n) is 6.70. The van der Waals surface area contributed by atoms with E-state index in [-0.39, 0.29) is 30.2 Å². The highest BCUT2D eigenvalue weighted by Crippen LogP contribution is 2.20. The summed E-state index contributed by atoms with van der Waals surface area (Å²) in [5, 5.41) is 5.34. The molecule has 0 radical (unpaired) electrons. The van der Waals surface area contributed by atoms with Gasteiger partial charge >= 0.3 is 0 Å². The van der Waals surface area contributed by atoms with Crippen LogP contribution in [0.5, 0.6) is 0 Å². The van der Waals surface area contributed by atoms with Gasteiger partial charge in [-0.2, -0.15) is 0 Å². The van der Waals surface area contributed by atoms with Crippen molar-refractivity contribution in [1.82, 2.24) is 10.2 Å². The van der Waals surface area contributed by atoms with Gasteiger partial charge in [0.2, 0.25) is 11.8 Å². The lowest BCUT2D eigenvalue weighted by molar-refractivity contribution is -0.133. The lowest BCUT2D eigenvalue weighted by Gasteiger charge is -2.31. The molecule has 0 unspecified atom stereocenters. The fraction of sp³-hybridized carbons (Fsp3) is 0.286. The molecular formula is C21H22FN3O3. The highest BCUT2D eigenvalue weighted by molar-refractivity contribution is 5.96. The van der Waals surface area contributed by atoms with Crippen LogP contribution in [0.4, 0.5) is 10.1 Å². The maximum Gasteiger partial charge on any atom is 0.251 e. The third kappa shape index (κ3) is 5.16. The summed E-state index contributed by atoms with van der Waals surface area (Å²) >= 11 is 0. The molecule has 1 aliphatic heterocycles. The van der Waals surface area contributed by atoms with Gasteiger partial charge in [-0.05, 0) is 43.2 Å². The topological polar surface area (TPSA) is 78.5 Å². The Hall–Kier alpha value is -3.22. The summed E-state index contributed by atoms with van der Waals surface area (Å²) in [5.41, 5.74) is 0.926. The van der Waals surface area contributed by atoms with Crippen LogP contribution in [-0.4, -0.2) is 42.3 Å². The number of carbonyl (C=O) groups excluding carboxylic acids is 3. The molecular weight excluding hydrogens is 361 g/mol. The number of hydrogen-bond acceptors (Lipinski definition) is 3. The average Bonchev–Trinajstić information content (AvgIpc) is 2.72. The average molecular weight is 383 g/mol. The minimum absolute atomic E-state index is 0.0755. The van der Waals surface area contributed by atoms with Gasteiger partial charge in [-0.1, -0.05) is 24.3 Å². The zero-order chi connectivity index (χ0) is 19.9. The maximum absolute atomic E-state index is 13.2. The van der Waals surface area contributed by atoms with Crippen LogP contribution in [0, 0.1) is 11.7 Å². The Balaban J connectivity index is 1.43. The molecule has 146 valence electrons. The van der Waals surface area contributed by atoms with Crippen molar-refractivity contribution in [3.05, 3.63) is 66.0 Å². The zero-order valence-corrected chi connectivity index (χ0v) is 15.4. The van der Waals surface area contributed by atoms with E-state index in [4.69, 9.17) is 0 Å². The first kappa shape index (κ1) is 19.5. The van der Waals surface area contributed by atoms with Crippen LogP contribution in [0.1, 0.15) is 23.2 Å². The van der Waals surface area contributed by atoms with Crippen LogP contribution in [0.2, 0.25) is 0 Å². The first-order chi connectivity index (χ1) is 13.5. The number of likely N-dealkylation sites (tertiary alicyclic amines) is 1. The summed E-state index contributed by atoms with van der Waals surface area (Å²) in [5.74, 6) is -1.27. The van der Waals surface area contributed by atoms with Gasteiger partial charge in [0.05, 0.1) is 6.54 Å². The Bertz CT molecular complexity index is 849. The van der Waals surface area contributed by atoms with Gasteiger partial charge in [0.25, 0.3) is 5.91 Å². The predicted molar refractivity (Wildman–Crippen MR) is 103 cm³/mol. The maximum atomic E-state index is 13.2. The number of nitrogens with zero attached hydrogens (tertiary/aromatic N) is 1. The molecule has 0 aromatic heterocycles. The van der Waals surface area contributed by atoms with Gasteiger partial charge < -0.3 is 15.5 Å². The summed E-state index contributed by atoms with van der Waals surface area (Å²) in [6.45, 7) is 0.816. The molecule has 0 aliphatic carbocycles. The van der Waals surface area contributed by atoms with Gasteiger partial charge in [-0.25, -0.2) is 4.39 Å². The number of benzene rings is 2. The van der Waals surface area contributed by atoms with Crippen molar-refractivity contribution in [2.24, 2.45) is 5.92 Å². The highest BCUT2D eigenvalue weighted by atomic mass is 19.1. The van der Waals surface area contributed by atoms with Crippen LogP contribution in [0.3, 0.4) is 0 Å². The molecule has 2 aromatic carbocycles. The SMILES string of the molecule is O=C(NCC(=O)N1CCC(C(=O)Nc2cccc(F)c2)CC1)c1ccccc1. The lowest BCUT2D eigenvalue weighted by atomic mass is 9.95. The van der Waals surface area contributed by atoms with Crippen LogP contribution in [0.25, 0.3) is 0 Å². The van der Waals surface area contributed by atoms with Crippen molar-refractivity contribution in [3.8, 4) is 0 Å². The van der Waals surface area contributed by atoms with E-state index in [2.05, 4.69) is 10.6 Å². The fourth-order valence-corrected chi connectivity index (χ4v) is 3.16. The van der Waals surface area contributed by atoms with E-state index in [0.29, 0.717) is 37.2 Å². The highest BCUT2D eigenvalue weighted by Gasteiger charge is 2.27. The number of halogens is 1. The van der Waals surface area contributed by atoms with Crippen molar-refractivity contribution >= 4 is 23.4 Å². The number of piperidine rings is 1. The molecule has 0 saturated carbocycles. The number of nitrogens with one attached hydrogen (secondary N) is 2. The molecule has 1 saturated heterocycles. The van der Waals surface area contributed by atoms with Crippen LogP contribution >= 0.6 is 0 Å². The molecule has 0 spiro atoms. The largest absolute Gasteiger partial charge is 0.343 e. The normalized spacial score (nSPS) is 14.4. The minimum Gasteiger partial charge on any atom is -0.343 e. The Labute approximate surface area is 162 Å². The van der Waals surface area contributed by atoms with Crippen LogP contribution in [-0.2, 0) is 9.59 Å². The van der Waals surface area contributed by atoms with E-state index in [1.807, 2.05) is 6.07 Å². The fourth-order valence-electron chi connectivity index (χ4n) is 3.16. The number of anilines is 1. The number of carbonyl (C=O) groups is 3. The second kappa shape index (κ2) is 9.12. The van der Waals surface area contributed by atoms with Crippen molar-refractivity contribution in [3.63, 3.8) is 0 Å². The molecule has 2 N–H and O–H groups in total. The molecule has 0 atom stereocenters. The Morgan fingerprint density at radius 2 is 1.71 bits per heavy atom. The van der Waals surface area contributed by atoms with Gasteiger partial charge in [0.15, 0.2) is 0 Å². The standard InChI is InChI=1S/C21H22FN3O3/c22-17-7-4-8-18(13-17)24-21(28)16-9-11-25(12-10-16)19(26)14-23-20(27)15-5-2-1-3-6-15/h1-8,13,16H,9-12,14H2,(H,23,27)(H,24,28). The second-order valence-corrected chi connectivity index (χ2v) is 6.70. The van der Waals surface area contributed by atoms with Crippen LogP contribution in [0.15, 0.2) is 54.6 Å². The quantitative estimate of drug-likeness (QED) is 0.832. The molecule has 3 rings (SSSR count). The van der Waals surface area contributed by atoms with E-state index in [1.54, 1.807) is 35.2 Å². The molecule has 1 aliphatic rings. The lowest BCUT2D eigenvalue weighted by Crippen LogP contribution is -2.45. The predicted octanol–water partition coefficient (Wildman–Crippen LogP) is 2.43. The molecule has 7 heteroatoms. The minimum atomic E-state index is -0.407. The van der Waals surface area contributed by atoms with E-state index in [0.717, 1.165) is 0 Å². The first-order valence-corrected chi connectivity index (χ1v) is 9.20. The third-order valence-corrected chi connectivity index (χ3v) is 4.75. The summed E-state index contributed by atoms with van der Waals surface area (Å²) in [6, 6.07) is 14.5. The van der Waals surface area contributed by atoms with Gasteiger partial charge in [0, 0.05) is 30.3 Å². The van der Waals surface area contributed by atoms with Crippen molar-refractivity contribution < 1.29 is 18.8 Å². The number of hydrogen-bond donors (Lipinski definition) is 2. The zero-order valence-electron chi connectivity index (χ0n) is 15.4. The summed E-state index contributed by atoms with van der Waals surface area (Å²) in [4.78, 5) is 38.3. The van der Waals surface area contributed by atoms with Crippen molar-refractivity contribution in [2.75, 3.05) is 25.0 Å². The molecule has 1 heterocycles. The van der Waals surface area contributed by atoms with Gasteiger partial charge in [-0.15, -0.1) is 0 Å². The molecule has 6 nitrogen and oxygen atoms in total. The number of rotatable bonds is 5. The molecule has 0 bridgehead atoms. The van der Waals surface area contributed by atoms with E-state index in [9.17, 15) is 18.8 Å². The van der Waals surface area contributed by atoms with E-state index < -0.39 is 5.82 Å². The first-order valence-electron chi connectivity index (χ1n) is 9.20. The van der Waals surface area contributed by atoms with E-state index in [1.165, 1.54) is 18.2 Å². The molecule has 2 aromatic rings. The van der Waals surface area contributed by atoms with Crippen molar-refractivity contribution in [2.45, 2.75) is 12.8 Å². The Morgan fingerprint density at radius 1 is 1.00 bits per heavy atom. The molecule has 3 amide bonds.